The van der Waals surface area contributed by atoms with Crippen LogP contribution in [0.2, 0.25) is 0 Å². The Hall–Kier alpha value is -1.71. The minimum atomic E-state index is -1.53. The summed E-state index contributed by atoms with van der Waals surface area (Å²) in [5.41, 5.74) is 0.391. The number of hydrogen-bond acceptors (Lipinski definition) is 8. The summed E-state index contributed by atoms with van der Waals surface area (Å²) in [5.74, 6) is -0.00125. The number of nitrogens with zero attached hydrogens (tertiary/aromatic N) is 1. The number of phenols is 1. The van der Waals surface area contributed by atoms with E-state index in [0.29, 0.717) is 5.56 Å². The van der Waals surface area contributed by atoms with Gasteiger partial charge >= 0.3 is 0 Å². The molecule has 8 nitrogen and oxygen atoms in total. The number of aliphatic hydroxyl groups excluding tert-OH is 4. The Kier molecular flexibility index (Phi) is 5.10. The second-order valence-corrected chi connectivity index (χ2v) is 4.60. The van der Waals surface area contributed by atoms with Gasteiger partial charge in [-0.2, -0.15) is 0 Å². The molecule has 0 radical (unpaired) electrons. The van der Waals surface area contributed by atoms with Gasteiger partial charge in [0.25, 0.3) is 6.29 Å². The van der Waals surface area contributed by atoms with Crippen molar-refractivity contribution in [2.24, 2.45) is 5.16 Å². The smallest absolute Gasteiger partial charge is 0.256 e. The van der Waals surface area contributed by atoms with Gasteiger partial charge in [-0.05, 0) is 12.1 Å². The maximum absolute atomic E-state index is 9.71. The maximum atomic E-state index is 9.71. The number of hydrogen-bond donors (Lipinski definition) is 5. The Bertz CT molecular complexity index is 493. The highest BCUT2D eigenvalue weighted by molar-refractivity contribution is 5.82. The molecule has 1 aromatic rings. The van der Waals surface area contributed by atoms with Crippen molar-refractivity contribution >= 4 is 6.21 Å². The van der Waals surface area contributed by atoms with Crippen LogP contribution >= 0.6 is 0 Å². The predicted molar refractivity (Wildman–Crippen MR) is 70.6 cm³/mol. The number of benzene rings is 1. The SMILES string of the molecule is OC[C@H]1O[C@@H](O/N=C/c2ccccc2O)[C@H](O)[C@@H](O)[C@H]1O. The monoisotopic (exact) mass is 299 g/mol. The van der Waals surface area contributed by atoms with Crippen LogP contribution in [0.4, 0.5) is 0 Å². The molecule has 1 aromatic carbocycles. The Morgan fingerprint density at radius 2 is 1.86 bits per heavy atom. The topological polar surface area (TPSA) is 132 Å². The lowest BCUT2D eigenvalue weighted by atomic mass is 9.99. The molecule has 0 unspecified atom stereocenters. The zero-order valence-electron chi connectivity index (χ0n) is 11.0. The normalized spacial score (nSPS) is 33.2. The fourth-order valence-electron chi connectivity index (χ4n) is 1.90. The van der Waals surface area contributed by atoms with Gasteiger partial charge in [0.05, 0.1) is 12.8 Å². The molecule has 5 N–H and O–H groups in total. The molecule has 0 aliphatic carbocycles. The van der Waals surface area contributed by atoms with Crippen LogP contribution in [0.15, 0.2) is 29.4 Å². The molecule has 1 fully saturated rings. The molecule has 0 spiro atoms. The van der Waals surface area contributed by atoms with E-state index in [9.17, 15) is 20.4 Å². The van der Waals surface area contributed by atoms with E-state index in [1.165, 1.54) is 12.3 Å². The lowest BCUT2D eigenvalue weighted by Gasteiger charge is -2.38. The largest absolute Gasteiger partial charge is 0.507 e. The van der Waals surface area contributed by atoms with Gasteiger partial charge in [0.2, 0.25) is 0 Å². The molecule has 0 saturated carbocycles. The third-order valence-electron chi connectivity index (χ3n) is 3.14. The molecule has 1 aliphatic rings. The highest BCUT2D eigenvalue weighted by Crippen LogP contribution is 2.22. The Morgan fingerprint density at radius 3 is 2.52 bits per heavy atom. The minimum Gasteiger partial charge on any atom is -0.507 e. The van der Waals surface area contributed by atoms with Gasteiger partial charge < -0.3 is 35.1 Å². The fraction of sp³-hybridized carbons (Fsp3) is 0.462. The standard InChI is InChI=1S/C13H17NO7/c15-6-9-10(17)11(18)12(19)13(20-9)21-14-5-7-3-1-2-4-8(7)16/h1-5,9-13,15-19H,6H2/b14-5+/t9-,10+,11+,12-,13+/m1/s1. The first-order chi connectivity index (χ1) is 10.0. The molecular weight excluding hydrogens is 282 g/mol. The number of para-hydroxylation sites is 1. The average molecular weight is 299 g/mol. The van der Waals surface area contributed by atoms with Crippen LogP contribution in [-0.2, 0) is 9.57 Å². The summed E-state index contributed by atoms with van der Waals surface area (Å²) in [4.78, 5) is 4.91. The number of aromatic hydroxyl groups is 1. The van der Waals surface area contributed by atoms with Crippen LogP contribution in [0.1, 0.15) is 5.56 Å². The predicted octanol–water partition coefficient (Wildman–Crippen LogP) is -1.46. The molecule has 1 aliphatic heterocycles. The first-order valence-electron chi connectivity index (χ1n) is 6.32. The maximum Gasteiger partial charge on any atom is 0.256 e. The Labute approximate surface area is 120 Å². The highest BCUT2D eigenvalue weighted by atomic mass is 16.8. The zero-order valence-corrected chi connectivity index (χ0v) is 11.0. The number of aliphatic hydroxyl groups is 4. The fourth-order valence-corrected chi connectivity index (χ4v) is 1.90. The second-order valence-electron chi connectivity index (χ2n) is 4.60. The lowest BCUT2D eigenvalue weighted by Crippen LogP contribution is -2.58. The quantitative estimate of drug-likeness (QED) is 0.339. The van der Waals surface area contributed by atoms with E-state index in [0.717, 1.165) is 0 Å². The van der Waals surface area contributed by atoms with Crippen molar-refractivity contribution in [2.45, 2.75) is 30.7 Å². The summed E-state index contributed by atoms with van der Waals surface area (Å²) in [7, 11) is 0. The molecule has 5 atom stereocenters. The zero-order chi connectivity index (χ0) is 15.4. The Balaban J connectivity index is 2.00. The van der Waals surface area contributed by atoms with Crippen molar-refractivity contribution in [3.63, 3.8) is 0 Å². The van der Waals surface area contributed by atoms with Crippen molar-refractivity contribution in [2.75, 3.05) is 6.61 Å². The molecule has 0 aromatic heterocycles. The molecule has 0 bridgehead atoms. The molecular formula is C13H17NO7. The molecule has 1 heterocycles. The minimum absolute atomic E-state index is 0.00125. The van der Waals surface area contributed by atoms with Gasteiger partial charge in [0.1, 0.15) is 30.2 Å². The van der Waals surface area contributed by atoms with Crippen LogP contribution in [0.3, 0.4) is 0 Å². The second kappa shape index (κ2) is 6.83. The summed E-state index contributed by atoms with van der Waals surface area (Å²) in [6, 6.07) is 6.39. The highest BCUT2D eigenvalue weighted by Gasteiger charge is 2.44. The third kappa shape index (κ3) is 3.49. The third-order valence-corrected chi connectivity index (χ3v) is 3.14. The Morgan fingerprint density at radius 1 is 1.14 bits per heavy atom. The molecule has 116 valence electrons. The van der Waals surface area contributed by atoms with E-state index in [1.54, 1.807) is 18.2 Å². The van der Waals surface area contributed by atoms with E-state index in [1.807, 2.05) is 0 Å². The summed E-state index contributed by atoms with van der Waals surface area (Å²) in [6.45, 7) is -0.548. The number of rotatable bonds is 4. The van der Waals surface area contributed by atoms with Crippen molar-refractivity contribution in [1.82, 2.24) is 0 Å². The summed E-state index contributed by atoms with van der Waals surface area (Å²) in [5, 5.41) is 51.0. The van der Waals surface area contributed by atoms with Gasteiger partial charge in [0.15, 0.2) is 0 Å². The lowest BCUT2D eigenvalue weighted by molar-refractivity contribution is -0.301. The van der Waals surface area contributed by atoms with E-state index >= 15 is 0 Å². The van der Waals surface area contributed by atoms with Crippen molar-refractivity contribution < 1.29 is 35.1 Å². The number of ether oxygens (including phenoxy) is 1. The first kappa shape index (κ1) is 15.7. The van der Waals surface area contributed by atoms with Crippen LogP contribution < -0.4 is 0 Å². The number of phenolic OH excluding ortho intramolecular Hbond substituents is 1. The van der Waals surface area contributed by atoms with E-state index in [2.05, 4.69) is 5.16 Å². The summed E-state index contributed by atoms with van der Waals surface area (Å²) >= 11 is 0. The molecule has 2 rings (SSSR count). The van der Waals surface area contributed by atoms with Gasteiger partial charge in [-0.25, -0.2) is 0 Å². The summed E-state index contributed by atoms with van der Waals surface area (Å²) in [6.07, 6.45) is -5.70. The number of oxime groups is 1. The molecule has 1 saturated heterocycles. The van der Waals surface area contributed by atoms with Crippen LogP contribution in [0.25, 0.3) is 0 Å². The summed E-state index contributed by atoms with van der Waals surface area (Å²) < 4.78 is 5.09. The van der Waals surface area contributed by atoms with Gasteiger partial charge in [0, 0.05) is 5.56 Å². The molecule has 0 amide bonds. The molecule has 8 heteroatoms. The van der Waals surface area contributed by atoms with Gasteiger partial charge in [-0.15, -0.1) is 0 Å². The van der Waals surface area contributed by atoms with Crippen LogP contribution in [0, 0.1) is 0 Å². The van der Waals surface area contributed by atoms with Gasteiger partial charge in [-0.3, -0.25) is 0 Å². The van der Waals surface area contributed by atoms with Crippen LogP contribution in [0.5, 0.6) is 5.75 Å². The van der Waals surface area contributed by atoms with Crippen molar-refractivity contribution in [3.8, 4) is 5.75 Å². The molecule has 21 heavy (non-hydrogen) atoms. The van der Waals surface area contributed by atoms with E-state index in [4.69, 9.17) is 14.7 Å². The first-order valence-corrected chi connectivity index (χ1v) is 6.32. The van der Waals surface area contributed by atoms with Crippen molar-refractivity contribution in [1.29, 1.82) is 0 Å². The van der Waals surface area contributed by atoms with E-state index < -0.39 is 37.3 Å². The average Bonchev–Trinajstić information content (AvgIpc) is 2.49. The van der Waals surface area contributed by atoms with Gasteiger partial charge in [-0.1, -0.05) is 17.3 Å². The van der Waals surface area contributed by atoms with Crippen LogP contribution in [-0.4, -0.2) is 69.1 Å². The van der Waals surface area contributed by atoms with Crippen molar-refractivity contribution in [3.05, 3.63) is 29.8 Å². The van der Waals surface area contributed by atoms with E-state index in [-0.39, 0.29) is 5.75 Å².